The first kappa shape index (κ1) is 53.7. The molecule has 2 fully saturated rings. The number of pyridine rings is 2. The number of carbonyl (C=O) groups is 8. The van der Waals surface area contributed by atoms with Gasteiger partial charge in [0.1, 0.15) is 35.8 Å². The van der Waals surface area contributed by atoms with Gasteiger partial charge in [-0.05, 0) is 106 Å². The molecule has 0 saturated carbocycles. The van der Waals surface area contributed by atoms with Gasteiger partial charge in [-0.1, -0.05) is 65.8 Å². The quantitative estimate of drug-likeness (QED) is 0.102. The lowest BCUT2D eigenvalue weighted by Crippen LogP contribution is -2.59. The number of aldehydes is 1. The minimum absolute atomic E-state index is 0.00331. The Morgan fingerprint density at radius 3 is 1.66 bits per heavy atom. The average Bonchev–Trinajstić information content (AvgIpc) is 3.97. The average molecular weight is 978 g/mol. The van der Waals surface area contributed by atoms with Crippen molar-refractivity contribution in [2.24, 2.45) is 10.8 Å². The summed E-state index contributed by atoms with van der Waals surface area (Å²) >= 11 is 0. The van der Waals surface area contributed by atoms with Gasteiger partial charge in [-0.15, -0.1) is 0 Å². The number of aromatic nitrogens is 2. The van der Waals surface area contributed by atoms with Crippen molar-refractivity contribution in [1.82, 2.24) is 57.0 Å². The van der Waals surface area contributed by atoms with E-state index in [-0.39, 0.29) is 72.2 Å². The predicted octanol–water partition coefficient (Wildman–Crippen LogP) is 2.21. The Labute approximate surface area is 416 Å². The van der Waals surface area contributed by atoms with Gasteiger partial charge in [-0.25, -0.2) is 0 Å². The van der Waals surface area contributed by atoms with Gasteiger partial charge in [-0.3, -0.25) is 43.5 Å². The van der Waals surface area contributed by atoms with E-state index in [0.29, 0.717) is 6.29 Å². The van der Waals surface area contributed by atoms with Gasteiger partial charge in [0.05, 0.1) is 35.3 Å². The first-order chi connectivity index (χ1) is 33.6. The lowest BCUT2D eigenvalue weighted by Gasteiger charge is -2.36. The van der Waals surface area contributed by atoms with E-state index >= 15 is 0 Å². The lowest BCUT2D eigenvalue weighted by molar-refractivity contribution is -0.144. The Kier molecular flexibility index (Phi) is 17.1. The van der Waals surface area contributed by atoms with Gasteiger partial charge >= 0.3 is 0 Å². The number of fused-ring (bicyclic) bond motifs is 1. The highest BCUT2D eigenvalue weighted by molar-refractivity contribution is 6.05. The second kappa shape index (κ2) is 22.6. The third kappa shape index (κ3) is 12.5. The number of amides is 7. The van der Waals surface area contributed by atoms with Crippen molar-refractivity contribution in [2.45, 2.75) is 142 Å². The summed E-state index contributed by atoms with van der Waals surface area (Å²) in [7, 11) is 3.28. The standard InChI is InChI=1S/C52H71N11O8/c1-29(53-9)44(65)60-42(51(3,4)5)49(70)62-26-32(24-34(62)28-64)57-46(67)36-19-14-22-55-40(36)41-37(20-15-23-56-41)47(68)58-33-25-39(48(69)59-38-21-13-17-31-16-11-12-18-35(31)38)63(27-33)50(71)43(52(6,7)8)61-45(66)30(2)54-10/h11-12,14-16,18-20,22-23,28-30,32-34,38-39,42-43,53-54H,13,17,21,24-27H2,1-10H3,(H,57,67)(H,58,68)(H,59,69)(H,60,65)(H,61,66)/t29-,30-,32-,33-,34?,38+,39?,42+,43?/m0/s1. The van der Waals surface area contributed by atoms with Gasteiger partial charge in [0, 0.05) is 37.6 Å². The zero-order valence-corrected chi connectivity index (χ0v) is 42.6. The molecule has 7 N–H and O–H groups in total. The van der Waals surface area contributed by atoms with Crippen LogP contribution < -0.4 is 37.2 Å². The predicted molar refractivity (Wildman–Crippen MR) is 266 cm³/mol. The van der Waals surface area contributed by atoms with E-state index in [2.05, 4.69) is 53.3 Å². The van der Waals surface area contributed by atoms with Crippen LogP contribution in [0, 0.1) is 10.8 Å². The molecule has 19 nitrogen and oxygen atoms in total. The minimum Gasteiger partial charge on any atom is -0.347 e. The topological polar surface area (TPSA) is 253 Å². The first-order valence-corrected chi connectivity index (χ1v) is 24.5. The van der Waals surface area contributed by atoms with Crippen molar-refractivity contribution in [3.63, 3.8) is 0 Å². The highest BCUT2D eigenvalue weighted by atomic mass is 16.2. The normalized spacial score (nSPS) is 21.7. The first-order valence-electron chi connectivity index (χ1n) is 24.5. The highest BCUT2D eigenvalue weighted by Crippen LogP contribution is 2.33. The summed E-state index contributed by atoms with van der Waals surface area (Å²) in [6.07, 6.45) is 6.28. The van der Waals surface area contributed by atoms with Crippen LogP contribution in [0.2, 0.25) is 0 Å². The third-order valence-corrected chi connectivity index (χ3v) is 13.8. The van der Waals surface area contributed by atoms with Gasteiger partial charge in [0.15, 0.2) is 0 Å². The summed E-state index contributed by atoms with van der Waals surface area (Å²) in [5, 5.41) is 20.7. The molecular formula is C52H71N11O8. The Bertz CT molecular complexity index is 2490. The number of nitrogens with zero attached hydrogens (tertiary/aromatic N) is 4. The fraction of sp³-hybridized carbons (Fsp3) is 0.538. The van der Waals surface area contributed by atoms with Crippen LogP contribution in [0.15, 0.2) is 60.9 Å². The molecule has 2 aliphatic heterocycles. The van der Waals surface area contributed by atoms with Crippen LogP contribution in [-0.2, 0) is 35.2 Å². The number of rotatable bonds is 16. The van der Waals surface area contributed by atoms with Crippen LogP contribution in [0.5, 0.6) is 0 Å². The summed E-state index contributed by atoms with van der Waals surface area (Å²) in [6.45, 7) is 14.3. The molecule has 3 unspecified atom stereocenters. The van der Waals surface area contributed by atoms with E-state index < -0.39 is 82.8 Å². The van der Waals surface area contributed by atoms with Crippen molar-refractivity contribution in [2.75, 3.05) is 27.2 Å². The Morgan fingerprint density at radius 2 is 1.15 bits per heavy atom. The summed E-state index contributed by atoms with van der Waals surface area (Å²) in [5.41, 5.74) is 1.05. The molecule has 2 aromatic heterocycles. The Hall–Kier alpha value is -6.60. The molecule has 4 heterocycles. The molecule has 1 aromatic carbocycles. The van der Waals surface area contributed by atoms with Crippen LogP contribution in [0.25, 0.3) is 11.4 Å². The van der Waals surface area contributed by atoms with Gasteiger partial charge in [-0.2, -0.15) is 0 Å². The molecule has 9 atom stereocenters. The largest absolute Gasteiger partial charge is 0.347 e. The number of likely N-dealkylation sites (N-methyl/N-ethyl adjacent to an activating group) is 2. The van der Waals surface area contributed by atoms with Gasteiger partial charge in [0.25, 0.3) is 11.8 Å². The number of aryl methyl sites for hydroxylation is 1. The molecule has 0 radical (unpaired) electrons. The molecule has 71 heavy (non-hydrogen) atoms. The molecule has 3 aliphatic rings. The van der Waals surface area contributed by atoms with Crippen LogP contribution in [-0.4, -0.2) is 143 Å². The summed E-state index contributed by atoms with van der Waals surface area (Å²) in [4.78, 5) is 122. The highest BCUT2D eigenvalue weighted by Gasteiger charge is 2.47. The SMILES string of the molecule is CN[C@@H](C)C(=O)NC(C(=O)N1C[C@@H](NC(=O)c2cccnc2-c2ncccc2C(=O)N[C@H]2CC(C=O)N(C(=O)[C@@H](NC(=O)[C@H](C)NC)C(C)(C)C)C2)CC1C(=O)N[C@@H]1CCCc2ccccc21)C(C)(C)C. The van der Waals surface area contributed by atoms with E-state index in [1.165, 1.54) is 28.3 Å². The van der Waals surface area contributed by atoms with Crippen molar-refractivity contribution < 1.29 is 38.4 Å². The van der Waals surface area contributed by atoms with E-state index in [9.17, 15) is 38.4 Å². The molecule has 6 rings (SSSR count). The summed E-state index contributed by atoms with van der Waals surface area (Å²) in [5.74, 6) is -3.22. The molecule has 19 heteroatoms. The van der Waals surface area contributed by atoms with Gasteiger partial charge < -0.3 is 51.8 Å². The molecule has 0 bridgehead atoms. The second-order valence-electron chi connectivity index (χ2n) is 21.1. The van der Waals surface area contributed by atoms with Crippen LogP contribution in [0.4, 0.5) is 0 Å². The fourth-order valence-corrected chi connectivity index (χ4v) is 9.46. The Morgan fingerprint density at radius 1 is 0.662 bits per heavy atom. The van der Waals surface area contributed by atoms with Crippen molar-refractivity contribution >= 4 is 47.6 Å². The summed E-state index contributed by atoms with van der Waals surface area (Å²) in [6, 6.07) is 7.54. The molecular weight excluding hydrogens is 907 g/mol. The van der Waals surface area contributed by atoms with E-state index in [1.807, 2.05) is 59.7 Å². The monoisotopic (exact) mass is 978 g/mol. The number of likely N-dealkylation sites (tertiary alicyclic amines) is 2. The zero-order valence-electron chi connectivity index (χ0n) is 42.6. The minimum atomic E-state index is -1.01. The number of hydrogen-bond donors (Lipinski definition) is 7. The van der Waals surface area contributed by atoms with Crippen molar-refractivity contribution in [3.8, 4) is 11.4 Å². The van der Waals surface area contributed by atoms with E-state index in [1.54, 1.807) is 46.1 Å². The van der Waals surface area contributed by atoms with Crippen LogP contribution in [0.3, 0.4) is 0 Å². The smallest absolute Gasteiger partial charge is 0.253 e. The second-order valence-corrected chi connectivity index (χ2v) is 21.1. The van der Waals surface area contributed by atoms with Crippen molar-refractivity contribution in [1.29, 1.82) is 0 Å². The lowest BCUT2D eigenvalue weighted by atomic mass is 9.85. The van der Waals surface area contributed by atoms with E-state index in [4.69, 9.17) is 0 Å². The number of benzene rings is 1. The number of hydrogen-bond acceptors (Lipinski definition) is 12. The maximum atomic E-state index is 14.7. The van der Waals surface area contributed by atoms with Crippen LogP contribution >= 0.6 is 0 Å². The number of nitrogens with one attached hydrogen (secondary N) is 7. The fourth-order valence-electron chi connectivity index (χ4n) is 9.46. The van der Waals surface area contributed by atoms with Gasteiger partial charge in [0.2, 0.25) is 29.5 Å². The van der Waals surface area contributed by atoms with Crippen LogP contribution in [0.1, 0.15) is 119 Å². The molecule has 382 valence electrons. The van der Waals surface area contributed by atoms with E-state index in [0.717, 1.165) is 30.4 Å². The maximum Gasteiger partial charge on any atom is 0.253 e. The molecule has 2 saturated heterocycles. The molecule has 7 amide bonds. The zero-order chi connectivity index (χ0) is 51.9. The van der Waals surface area contributed by atoms with Crippen molar-refractivity contribution in [3.05, 3.63) is 83.2 Å². The maximum absolute atomic E-state index is 14.7. The third-order valence-electron chi connectivity index (χ3n) is 13.8. The Balaban J connectivity index is 1.23. The molecule has 1 aliphatic carbocycles. The molecule has 3 aromatic rings. The molecule has 0 spiro atoms. The number of carbonyl (C=O) groups excluding carboxylic acids is 8. The summed E-state index contributed by atoms with van der Waals surface area (Å²) < 4.78 is 0.